The minimum Gasteiger partial charge on any atom is -0.477 e. The third kappa shape index (κ3) is 3.61. The molecular formula is C23H26N10O2. The quantitative estimate of drug-likeness (QED) is 0.448. The molecule has 0 aliphatic carbocycles. The monoisotopic (exact) mass is 474 g/mol. The number of anilines is 3. The van der Waals surface area contributed by atoms with Crippen molar-refractivity contribution >= 4 is 34.3 Å². The van der Waals surface area contributed by atoms with Gasteiger partial charge in [-0.15, -0.1) is 0 Å². The zero-order valence-corrected chi connectivity index (χ0v) is 19.8. The average Bonchev–Trinajstić information content (AvgIpc) is 3.38. The van der Waals surface area contributed by atoms with E-state index in [0.717, 1.165) is 28.7 Å². The smallest absolute Gasteiger partial charge is 0.226 e. The Balaban J connectivity index is 1.41. The number of amides is 1. The number of hydrogen-bond donors (Lipinski definition) is 2. The summed E-state index contributed by atoms with van der Waals surface area (Å²) in [4.78, 5) is 27.8. The fourth-order valence-electron chi connectivity index (χ4n) is 4.56. The van der Waals surface area contributed by atoms with E-state index in [4.69, 9.17) is 9.84 Å². The van der Waals surface area contributed by atoms with Crippen LogP contribution in [-0.2, 0) is 11.8 Å². The van der Waals surface area contributed by atoms with E-state index in [-0.39, 0.29) is 17.9 Å². The normalized spacial score (nSPS) is 17.8. The van der Waals surface area contributed by atoms with Crippen LogP contribution >= 0.6 is 0 Å². The number of ether oxygens (including phenoxy) is 1. The van der Waals surface area contributed by atoms with Crippen LogP contribution in [0.15, 0.2) is 30.7 Å². The third-order valence-electron chi connectivity index (χ3n) is 6.60. The first-order chi connectivity index (χ1) is 17.0. The second-order valence-corrected chi connectivity index (χ2v) is 8.93. The number of carbonyl (C=O) groups is 1. The highest BCUT2D eigenvalue weighted by Gasteiger charge is 2.35. The molecule has 0 aromatic carbocycles. The van der Waals surface area contributed by atoms with Gasteiger partial charge in [0.05, 0.1) is 35.7 Å². The van der Waals surface area contributed by atoms with Crippen LogP contribution in [-0.4, -0.2) is 67.2 Å². The minimum absolute atomic E-state index is 0.0263. The topological polar surface area (TPSA) is 128 Å². The second kappa shape index (κ2) is 8.22. The van der Waals surface area contributed by atoms with E-state index in [1.807, 2.05) is 24.0 Å². The summed E-state index contributed by atoms with van der Waals surface area (Å²) in [7, 11) is 3.51. The molecule has 12 heteroatoms. The van der Waals surface area contributed by atoms with Crippen LogP contribution < -0.4 is 20.3 Å². The van der Waals surface area contributed by atoms with Gasteiger partial charge in [0.2, 0.25) is 11.8 Å². The molecule has 4 aromatic rings. The predicted molar refractivity (Wildman–Crippen MR) is 130 cm³/mol. The summed E-state index contributed by atoms with van der Waals surface area (Å²) in [6.45, 7) is 3.87. The Kier molecular flexibility index (Phi) is 5.01. The molecule has 1 fully saturated rings. The van der Waals surface area contributed by atoms with Gasteiger partial charge in [0.15, 0.2) is 11.6 Å². The molecule has 180 valence electrons. The van der Waals surface area contributed by atoms with E-state index in [0.29, 0.717) is 43.0 Å². The first kappa shape index (κ1) is 21.3. The van der Waals surface area contributed by atoms with Crippen molar-refractivity contribution in [2.45, 2.75) is 19.4 Å². The van der Waals surface area contributed by atoms with Gasteiger partial charge >= 0.3 is 0 Å². The summed E-state index contributed by atoms with van der Waals surface area (Å²) >= 11 is 0. The van der Waals surface area contributed by atoms with Crippen molar-refractivity contribution in [2.75, 3.05) is 37.0 Å². The van der Waals surface area contributed by atoms with E-state index in [9.17, 15) is 4.79 Å². The van der Waals surface area contributed by atoms with Gasteiger partial charge in [-0.1, -0.05) is 0 Å². The molecule has 12 nitrogen and oxygen atoms in total. The van der Waals surface area contributed by atoms with Crippen molar-refractivity contribution in [1.82, 2.24) is 39.8 Å². The van der Waals surface area contributed by atoms with Gasteiger partial charge in [-0.2, -0.15) is 10.2 Å². The van der Waals surface area contributed by atoms with E-state index >= 15 is 0 Å². The second-order valence-electron chi connectivity index (χ2n) is 8.93. The Labute approximate surface area is 201 Å². The molecule has 1 amide bonds. The fraction of sp³-hybridized carbons (Fsp3) is 0.391. The van der Waals surface area contributed by atoms with Crippen LogP contribution in [0, 0.1) is 5.92 Å². The van der Waals surface area contributed by atoms with Gasteiger partial charge in [0, 0.05) is 52.1 Å². The molecular weight excluding hydrogens is 448 g/mol. The largest absolute Gasteiger partial charge is 0.477 e. The SMILES string of the molecule is CNC(=O)C1CN(c2nn3c4cc(ncc24)Nc2ccnc(n2)-c2cnn(C)c2OCCC3C)C1. The van der Waals surface area contributed by atoms with Gasteiger partial charge in [0.1, 0.15) is 17.2 Å². The summed E-state index contributed by atoms with van der Waals surface area (Å²) in [6, 6.07) is 3.84. The highest BCUT2D eigenvalue weighted by Crippen LogP contribution is 2.35. The lowest BCUT2D eigenvalue weighted by molar-refractivity contribution is -0.125. The first-order valence-corrected chi connectivity index (χ1v) is 11.6. The number of aromatic nitrogens is 7. The van der Waals surface area contributed by atoms with Gasteiger partial charge in [-0.3, -0.25) is 9.48 Å². The number of nitrogens with one attached hydrogen (secondary N) is 2. The van der Waals surface area contributed by atoms with Crippen LogP contribution in [0.2, 0.25) is 0 Å². The maximum atomic E-state index is 12.0. The highest BCUT2D eigenvalue weighted by atomic mass is 16.5. The molecule has 1 unspecified atom stereocenters. The molecule has 0 saturated carbocycles. The number of nitrogens with zero attached hydrogens (tertiary/aromatic N) is 8. The van der Waals surface area contributed by atoms with Gasteiger partial charge in [-0.25, -0.2) is 19.6 Å². The predicted octanol–water partition coefficient (Wildman–Crippen LogP) is 1.89. The number of hydrogen-bond acceptors (Lipinski definition) is 9. The van der Waals surface area contributed by atoms with E-state index in [1.165, 1.54) is 0 Å². The van der Waals surface area contributed by atoms with Gasteiger partial charge in [0.25, 0.3) is 0 Å². The van der Waals surface area contributed by atoms with Crippen LogP contribution in [0.1, 0.15) is 19.4 Å². The maximum absolute atomic E-state index is 12.0. The zero-order chi connectivity index (χ0) is 24.1. The van der Waals surface area contributed by atoms with Crippen molar-refractivity contribution < 1.29 is 9.53 Å². The van der Waals surface area contributed by atoms with Crippen molar-refractivity contribution in [2.24, 2.45) is 13.0 Å². The van der Waals surface area contributed by atoms with Crippen LogP contribution in [0.4, 0.5) is 17.5 Å². The molecule has 2 aliphatic heterocycles. The van der Waals surface area contributed by atoms with E-state index in [1.54, 1.807) is 30.2 Å². The van der Waals surface area contributed by atoms with E-state index < -0.39 is 0 Å². The summed E-state index contributed by atoms with van der Waals surface area (Å²) < 4.78 is 9.87. The summed E-state index contributed by atoms with van der Waals surface area (Å²) in [6.07, 6.45) is 5.97. The Morgan fingerprint density at radius 1 is 1.23 bits per heavy atom. The molecule has 4 bridgehead atoms. The number of rotatable bonds is 2. The van der Waals surface area contributed by atoms with E-state index in [2.05, 4.69) is 42.5 Å². The standard InChI is InChI=1S/C23H26N10O2/c1-13-5-7-35-23-16(10-27-31(23)3)20-25-6-4-18(29-20)28-19-8-17-15(9-26-19)21(30-33(13)17)32-11-14(12-32)22(34)24-2/h4,6,8-10,13-14H,5,7,11-12H2,1-3H3,(H,24,34)(H,25,26,28,29). The number of pyridine rings is 1. The number of carbonyl (C=O) groups excluding carboxylic acids is 1. The van der Waals surface area contributed by atoms with Crippen molar-refractivity contribution in [3.8, 4) is 17.3 Å². The van der Waals surface area contributed by atoms with Crippen LogP contribution in [0.3, 0.4) is 0 Å². The summed E-state index contributed by atoms with van der Waals surface area (Å²) in [5, 5.41) is 16.3. The van der Waals surface area contributed by atoms with Crippen LogP contribution in [0.5, 0.6) is 5.88 Å². The van der Waals surface area contributed by atoms with Crippen LogP contribution in [0.25, 0.3) is 22.3 Å². The Morgan fingerprint density at radius 3 is 2.91 bits per heavy atom. The molecule has 2 N–H and O–H groups in total. The molecule has 1 atom stereocenters. The molecule has 6 rings (SSSR count). The van der Waals surface area contributed by atoms with Gasteiger partial charge < -0.3 is 20.3 Å². The molecule has 0 spiro atoms. The third-order valence-corrected chi connectivity index (χ3v) is 6.60. The number of fused-ring (bicyclic) bond motifs is 5. The molecule has 4 aromatic heterocycles. The van der Waals surface area contributed by atoms with Crippen molar-refractivity contribution in [3.05, 3.63) is 30.7 Å². The molecule has 35 heavy (non-hydrogen) atoms. The first-order valence-electron chi connectivity index (χ1n) is 11.6. The Hall–Kier alpha value is -4.22. The van der Waals surface area contributed by atoms with Crippen molar-refractivity contribution in [3.63, 3.8) is 0 Å². The summed E-state index contributed by atoms with van der Waals surface area (Å²) in [5.41, 5.74) is 1.69. The van der Waals surface area contributed by atoms with Crippen molar-refractivity contribution in [1.29, 1.82) is 0 Å². The molecule has 0 radical (unpaired) electrons. The average molecular weight is 475 g/mol. The zero-order valence-electron chi connectivity index (χ0n) is 19.8. The Morgan fingerprint density at radius 2 is 2.09 bits per heavy atom. The fourth-order valence-corrected chi connectivity index (χ4v) is 4.56. The summed E-state index contributed by atoms with van der Waals surface area (Å²) in [5.74, 6) is 3.30. The minimum atomic E-state index is -0.0263. The lowest BCUT2D eigenvalue weighted by Crippen LogP contribution is -2.53. The lowest BCUT2D eigenvalue weighted by Gasteiger charge is -2.38. The maximum Gasteiger partial charge on any atom is 0.226 e. The lowest BCUT2D eigenvalue weighted by atomic mass is 9.99. The highest BCUT2D eigenvalue weighted by molar-refractivity contribution is 5.93. The molecule has 6 heterocycles. The Bertz CT molecular complexity index is 1420. The molecule has 1 saturated heterocycles. The molecule has 2 aliphatic rings. The van der Waals surface area contributed by atoms with Gasteiger partial charge in [-0.05, 0) is 13.0 Å². The number of aryl methyl sites for hydroxylation is 1.